The molecular formula is C13H22N2OS. The van der Waals surface area contributed by atoms with Crippen LogP contribution < -0.4 is 5.32 Å². The summed E-state index contributed by atoms with van der Waals surface area (Å²) < 4.78 is 0. The Hall–Kier alpha value is -0.450. The van der Waals surface area contributed by atoms with Gasteiger partial charge in [-0.2, -0.15) is 0 Å². The van der Waals surface area contributed by atoms with E-state index in [0.717, 1.165) is 48.8 Å². The van der Waals surface area contributed by atoms with E-state index in [0.29, 0.717) is 6.54 Å². The maximum atomic E-state index is 10.4. The van der Waals surface area contributed by atoms with E-state index in [4.69, 9.17) is 0 Å². The van der Waals surface area contributed by atoms with Crippen molar-refractivity contribution >= 4 is 11.3 Å². The fraction of sp³-hybridized carbons (Fsp3) is 0.769. The third-order valence-corrected chi connectivity index (χ3v) is 4.45. The SMILES string of the molecule is Cc1nc(CNCC2(O)CCC(C)CC2)cs1. The van der Waals surface area contributed by atoms with E-state index in [1.165, 1.54) is 0 Å². The number of nitrogens with zero attached hydrogens (tertiary/aromatic N) is 1. The molecule has 2 rings (SSSR count). The Kier molecular flexibility index (Phi) is 4.17. The van der Waals surface area contributed by atoms with Crippen LogP contribution in [-0.4, -0.2) is 22.2 Å². The van der Waals surface area contributed by atoms with Crippen LogP contribution in [0.2, 0.25) is 0 Å². The smallest absolute Gasteiger partial charge is 0.0897 e. The van der Waals surface area contributed by atoms with Crippen molar-refractivity contribution in [1.29, 1.82) is 0 Å². The topological polar surface area (TPSA) is 45.2 Å². The molecule has 0 aromatic carbocycles. The monoisotopic (exact) mass is 254 g/mol. The first-order valence-electron chi connectivity index (χ1n) is 6.41. The van der Waals surface area contributed by atoms with Crippen molar-refractivity contribution in [2.24, 2.45) is 5.92 Å². The highest BCUT2D eigenvalue weighted by Gasteiger charge is 2.31. The summed E-state index contributed by atoms with van der Waals surface area (Å²) in [5.41, 5.74) is 0.595. The van der Waals surface area contributed by atoms with Gasteiger partial charge >= 0.3 is 0 Å². The molecule has 4 heteroatoms. The molecule has 96 valence electrons. The van der Waals surface area contributed by atoms with Crippen LogP contribution in [0.25, 0.3) is 0 Å². The minimum Gasteiger partial charge on any atom is -0.389 e. The van der Waals surface area contributed by atoms with Crippen LogP contribution in [0.5, 0.6) is 0 Å². The normalized spacial score (nSPS) is 29.5. The molecule has 0 atom stereocenters. The van der Waals surface area contributed by atoms with Gasteiger partial charge in [-0.3, -0.25) is 0 Å². The second-order valence-corrected chi connectivity index (χ2v) is 6.43. The molecule has 2 N–H and O–H groups in total. The lowest BCUT2D eigenvalue weighted by molar-refractivity contribution is -0.00634. The second-order valence-electron chi connectivity index (χ2n) is 5.37. The second kappa shape index (κ2) is 5.46. The lowest BCUT2D eigenvalue weighted by atomic mass is 9.79. The first kappa shape index (κ1) is 13.0. The first-order valence-corrected chi connectivity index (χ1v) is 7.29. The minimum absolute atomic E-state index is 0.489. The van der Waals surface area contributed by atoms with E-state index < -0.39 is 5.60 Å². The summed E-state index contributed by atoms with van der Waals surface area (Å²) in [6.07, 6.45) is 4.15. The fourth-order valence-corrected chi connectivity index (χ4v) is 3.00. The van der Waals surface area contributed by atoms with Crippen molar-refractivity contribution < 1.29 is 5.11 Å². The van der Waals surface area contributed by atoms with Gasteiger partial charge in [0.2, 0.25) is 0 Å². The number of aromatic nitrogens is 1. The summed E-state index contributed by atoms with van der Waals surface area (Å²) in [6, 6.07) is 0. The highest BCUT2D eigenvalue weighted by molar-refractivity contribution is 7.09. The Morgan fingerprint density at radius 3 is 2.82 bits per heavy atom. The van der Waals surface area contributed by atoms with E-state index in [-0.39, 0.29) is 0 Å². The molecule has 1 aromatic rings. The lowest BCUT2D eigenvalue weighted by Gasteiger charge is -2.35. The van der Waals surface area contributed by atoms with Gasteiger partial charge in [-0.15, -0.1) is 11.3 Å². The summed E-state index contributed by atoms with van der Waals surface area (Å²) in [6.45, 7) is 5.74. The number of hydrogen-bond acceptors (Lipinski definition) is 4. The average molecular weight is 254 g/mol. The summed E-state index contributed by atoms with van der Waals surface area (Å²) in [5, 5.41) is 16.9. The molecule has 0 spiro atoms. The molecule has 1 heterocycles. The minimum atomic E-state index is -0.489. The lowest BCUT2D eigenvalue weighted by Crippen LogP contribution is -2.43. The zero-order valence-corrected chi connectivity index (χ0v) is 11.5. The standard InChI is InChI=1S/C13H22N2OS/c1-10-3-5-13(16,6-4-10)9-14-7-12-8-17-11(2)15-12/h8,10,14,16H,3-7,9H2,1-2H3. The van der Waals surface area contributed by atoms with Crippen molar-refractivity contribution in [2.75, 3.05) is 6.54 Å². The molecule has 1 aromatic heterocycles. The van der Waals surface area contributed by atoms with Gasteiger partial charge < -0.3 is 10.4 Å². The van der Waals surface area contributed by atoms with Gasteiger partial charge in [0.15, 0.2) is 0 Å². The molecule has 0 radical (unpaired) electrons. The highest BCUT2D eigenvalue weighted by Crippen LogP contribution is 2.31. The summed E-state index contributed by atoms with van der Waals surface area (Å²) in [4.78, 5) is 4.40. The quantitative estimate of drug-likeness (QED) is 0.867. The van der Waals surface area contributed by atoms with E-state index in [1.54, 1.807) is 11.3 Å². The van der Waals surface area contributed by atoms with Crippen molar-refractivity contribution in [2.45, 2.75) is 51.7 Å². The molecular weight excluding hydrogens is 232 g/mol. The van der Waals surface area contributed by atoms with Crippen molar-refractivity contribution in [3.8, 4) is 0 Å². The maximum Gasteiger partial charge on any atom is 0.0897 e. The Labute approximate surface area is 107 Å². The summed E-state index contributed by atoms with van der Waals surface area (Å²) >= 11 is 1.68. The van der Waals surface area contributed by atoms with Crippen LogP contribution in [0.15, 0.2) is 5.38 Å². The van der Waals surface area contributed by atoms with E-state index in [9.17, 15) is 5.11 Å². The molecule has 0 saturated heterocycles. The third kappa shape index (κ3) is 3.76. The number of nitrogens with one attached hydrogen (secondary N) is 1. The molecule has 0 bridgehead atoms. The van der Waals surface area contributed by atoms with Gasteiger partial charge in [0.25, 0.3) is 0 Å². The Balaban J connectivity index is 1.74. The summed E-state index contributed by atoms with van der Waals surface area (Å²) in [7, 11) is 0. The van der Waals surface area contributed by atoms with E-state index >= 15 is 0 Å². The van der Waals surface area contributed by atoms with Gasteiger partial charge in [0.1, 0.15) is 0 Å². The van der Waals surface area contributed by atoms with Crippen molar-refractivity contribution in [1.82, 2.24) is 10.3 Å². The highest BCUT2D eigenvalue weighted by atomic mass is 32.1. The van der Waals surface area contributed by atoms with Crippen LogP contribution in [0.3, 0.4) is 0 Å². The van der Waals surface area contributed by atoms with E-state index in [2.05, 4.69) is 22.6 Å². The van der Waals surface area contributed by atoms with Crippen LogP contribution >= 0.6 is 11.3 Å². The molecule has 0 aliphatic heterocycles. The largest absolute Gasteiger partial charge is 0.389 e. The average Bonchev–Trinajstić information content (AvgIpc) is 2.69. The first-order chi connectivity index (χ1) is 8.07. The predicted molar refractivity (Wildman–Crippen MR) is 71.1 cm³/mol. The van der Waals surface area contributed by atoms with Crippen LogP contribution in [-0.2, 0) is 6.54 Å². The number of aliphatic hydroxyl groups is 1. The van der Waals surface area contributed by atoms with Gasteiger partial charge in [-0.05, 0) is 38.5 Å². The van der Waals surface area contributed by atoms with Gasteiger partial charge in [0, 0.05) is 18.5 Å². The number of aryl methyl sites for hydroxylation is 1. The van der Waals surface area contributed by atoms with Gasteiger partial charge in [-0.25, -0.2) is 4.98 Å². The number of thiazole rings is 1. The maximum absolute atomic E-state index is 10.4. The number of rotatable bonds is 4. The molecule has 3 nitrogen and oxygen atoms in total. The van der Waals surface area contributed by atoms with E-state index in [1.807, 2.05) is 6.92 Å². The molecule has 1 aliphatic carbocycles. The molecule has 1 saturated carbocycles. The fourth-order valence-electron chi connectivity index (χ4n) is 2.39. The molecule has 1 aliphatic rings. The van der Waals surface area contributed by atoms with Crippen LogP contribution in [0.1, 0.15) is 43.3 Å². The zero-order valence-electron chi connectivity index (χ0n) is 10.7. The van der Waals surface area contributed by atoms with Gasteiger partial charge in [0.05, 0.1) is 16.3 Å². The van der Waals surface area contributed by atoms with Gasteiger partial charge in [-0.1, -0.05) is 6.92 Å². The molecule has 17 heavy (non-hydrogen) atoms. The Morgan fingerprint density at radius 2 is 2.24 bits per heavy atom. The summed E-state index contributed by atoms with van der Waals surface area (Å²) in [5.74, 6) is 0.775. The third-order valence-electron chi connectivity index (χ3n) is 3.63. The van der Waals surface area contributed by atoms with Crippen molar-refractivity contribution in [3.05, 3.63) is 16.1 Å². The van der Waals surface area contributed by atoms with Crippen LogP contribution in [0.4, 0.5) is 0 Å². The Morgan fingerprint density at radius 1 is 1.53 bits per heavy atom. The van der Waals surface area contributed by atoms with Crippen LogP contribution in [0, 0.1) is 12.8 Å². The molecule has 1 fully saturated rings. The predicted octanol–water partition coefficient (Wildman–Crippen LogP) is 2.48. The number of hydrogen-bond donors (Lipinski definition) is 2. The zero-order chi connectivity index (χ0) is 12.3. The molecule has 0 unspecified atom stereocenters. The Bertz CT molecular complexity index is 356. The van der Waals surface area contributed by atoms with Crippen molar-refractivity contribution in [3.63, 3.8) is 0 Å². The molecule has 0 amide bonds.